The molecule has 0 saturated carbocycles. The number of amides is 1. The number of hydrogen-bond donors (Lipinski definition) is 2. The summed E-state index contributed by atoms with van der Waals surface area (Å²) in [6, 6.07) is -0.414. The predicted octanol–water partition coefficient (Wildman–Crippen LogP) is 0.942. The molecule has 1 heterocycles. The van der Waals surface area contributed by atoms with Gasteiger partial charge < -0.3 is 24.0 Å². The average molecular weight is 265 g/mol. The van der Waals surface area contributed by atoms with Crippen LogP contribution in [0.1, 0.15) is 26.7 Å². The van der Waals surface area contributed by atoms with E-state index in [-0.39, 0.29) is 12.5 Å². The lowest BCUT2D eigenvalue weighted by Gasteiger charge is -2.23. The van der Waals surface area contributed by atoms with E-state index in [9.17, 15) is 9.90 Å². The Bertz CT molecular complexity index is 235. The fourth-order valence-electron chi connectivity index (χ4n) is 1.48. The fraction of sp³-hybridized carbons (Fsp3) is 0.900. The maximum absolute atomic E-state index is 11.0. The molecule has 1 saturated heterocycles. The van der Waals surface area contributed by atoms with Crippen LogP contribution in [0.3, 0.4) is 0 Å². The van der Waals surface area contributed by atoms with E-state index in [4.69, 9.17) is 13.6 Å². The Morgan fingerprint density at radius 3 is 2.71 bits per heavy atom. The van der Waals surface area contributed by atoms with Crippen molar-refractivity contribution in [3.05, 3.63) is 0 Å². The number of carbonyl (C=O) groups excluding carboxylic acids is 1. The molecule has 0 aromatic rings. The molecule has 2 N–H and O–H groups in total. The molecular weight excluding hydrogens is 245 g/mol. The Labute approximate surface area is 103 Å². The van der Waals surface area contributed by atoms with E-state index in [2.05, 4.69) is 5.32 Å². The summed E-state index contributed by atoms with van der Waals surface area (Å²) in [6.07, 6.45) is 0.856. The van der Waals surface area contributed by atoms with Gasteiger partial charge in [0.25, 0.3) is 0 Å². The molecule has 1 fully saturated rings. The summed E-state index contributed by atoms with van der Waals surface area (Å²) < 4.78 is 15.7. The Balaban J connectivity index is 2.35. The quantitative estimate of drug-likeness (QED) is 0.670. The lowest BCUT2D eigenvalue weighted by atomic mass is 10.1. The number of aliphatic hydroxyl groups is 1. The minimum atomic E-state index is -1.30. The highest BCUT2D eigenvalue weighted by Crippen LogP contribution is 2.43. The zero-order valence-corrected chi connectivity index (χ0v) is 11.1. The SMILES string of the molecule is CCCC(O)C(COP1OCCO1)NC(C)=O. The predicted molar refractivity (Wildman–Crippen MR) is 63.3 cm³/mol. The molecule has 1 rings (SSSR count). The summed E-state index contributed by atoms with van der Waals surface area (Å²) in [4.78, 5) is 11.0. The summed E-state index contributed by atoms with van der Waals surface area (Å²) in [7, 11) is -1.30. The molecule has 100 valence electrons. The van der Waals surface area contributed by atoms with Gasteiger partial charge in [-0.15, -0.1) is 0 Å². The second kappa shape index (κ2) is 7.95. The molecule has 0 spiro atoms. The lowest BCUT2D eigenvalue weighted by molar-refractivity contribution is -0.121. The largest absolute Gasteiger partial charge is 0.391 e. The van der Waals surface area contributed by atoms with Crippen LogP contribution in [-0.2, 0) is 18.4 Å². The first-order chi connectivity index (χ1) is 8.13. The highest BCUT2D eigenvalue weighted by Gasteiger charge is 2.25. The van der Waals surface area contributed by atoms with Crippen LogP contribution in [0.2, 0.25) is 0 Å². The van der Waals surface area contributed by atoms with Crippen LogP contribution in [0.25, 0.3) is 0 Å². The molecule has 6 nitrogen and oxygen atoms in total. The van der Waals surface area contributed by atoms with Gasteiger partial charge in [-0.1, -0.05) is 13.3 Å². The van der Waals surface area contributed by atoms with E-state index in [1.165, 1.54) is 6.92 Å². The van der Waals surface area contributed by atoms with Gasteiger partial charge in [-0.2, -0.15) is 0 Å². The first kappa shape index (κ1) is 14.8. The first-order valence-corrected chi connectivity index (χ1v) is 6.87. The number of aliphatic hydroxyl groups excluding tert-OH is 1. The van der Waals surface area contributed by atoms with Gasteiger partial charge in [-0.3, -0.25) is 4.79 Å². The summed E-state index contributed by atoms with van der Waals surface area (Å²) in [6.45, 7) is 4.66. The van der Waals surface area contributed by atoms with E-state index in [0.29, 0.717) is 19.6 Å². The maximum Gasteiger partial charge on any atom is 0.332 e. The molecule has 1 amide bonds. The number of hydrogen-bond acceptors (Lipinski definition) is 5. The molecule has 1 aliphatic rings. The van der Waals surface area contributed by atoms with E-state index < -0.39 is 20.7 Å². The van der Waals surface area contributed by atoms with Crippen molar-refractivity contribution in [2.45, 2.75) is 38.8 Å². The van der Waals surface area contributed by atoms with Gasteiger partial charge in [0.05, 0.1) is 32.0 Å². The van der Waals surface area contributed by atoms with Crippen molar-refractivity contribution in [3.63, 3.8) is 0 Å². The first-order valence-electron chi connectivity index (χ1n) is 5.77. The Kier molecular flexibility index (Phi) is 6.92. The molecule has 1 aliphatic heterocycles. The third kappa shape index (κ3) is 5.75. The van der Waals surface area contributed by atoms with Gasteiger partial charge in [-0.05, 0) is 6.42 Å². The van der Waals surface area contributed by atoms with Crippen LogP contribution in [0, 0.1) is 0 Å². The number of nitrogens with one attached hydrogen (secondary N) is 1. The minimum Gasteiger partial charge on any atom is -0.391 e. The van der Waals surface area contributed by atoms with Crippen molar-refractivity contribution in [1.29, 1.82) is 0 Å². The Morgan fingerprint density at radius 2 is 2.18 bits per heavy atom. The molecule has 7 heteroatoms. The Hall–Kier alpha value is -0.260. The third-order valence-electron chi connectivity index (χ3n) is 2.27. The van der Waals surface area contributed by atoms with Crippen LogP contribution >= 0.6 is 8.60 Å². The summed E-state index contributed by atoms with van der Waals surface area (Å²) in [5.74, 6) is -0.185. The summed E-state index contributed by atoms with van der Waals surface area (Å²) in [5.41, 5.74) is 0. The molecular formula is C10H20NO5P. The molecule has 0 radical (unpaired) electrons. The van der Waals surface area contributed by atoms with Gasteiger partial charge in [0.2, 0.25) is 5.91 Å². The van der Waals surface area contributed by atoms with E-state index in [0.717, 1.165) is 6.42 Å². The van der Waals surface area contributed by atoms with Gasteiger partial charge in [0.15, 0.2) is 0 Å². The van der Waals surface area contributed by atoms with Crippen molar-refractivity contribution in [2.24, 2.45) is 0 Å². The van der Waals surface area contributed by atoms with Crippen molar-refractivity contribution in [1.82, 2.24) is 5.32 Å². The average Bonchev–Trinajstić information content (AvgIpc) is 2.76. The van der Waals surface area contributed by atoms with Crippen molar-refractivity contribution in [2.75, 3.05) is 19.8 Å². The van der Waals surface area contributed by atoms with E-state index in [1.807, 2.05) is 6.92 Å². The topological polar surface area (TPSA) is 77.0 Å². The Morgan fingerprint density at radius 1 is 1.53 bits per heavy atom. The highest BCUT2D eigenvalue weighted by molar-refractivity contribution is 7.41. The van der Waals surface area contributed by atoms with Gasteiger partial charge in [0, 0.05) is 6.92 Å². The van der Waals surface area contributed by atoms with Crippen molar-refractivity contribution < 1.29 is 23.5 Å². The fourth-order valence-corrected chi connectivity index (χ4v) is 2.44. The maximum atomic E-state index is 11.0. The second-order valence-corrected chi connectivity index (χ2v) is 5.07. The van der Waals surface area contributed by atoms with Crippen molar-refractivity contribution in [3.8, 4) is 0 Å². The molecule has 2 unspecified atom stereocenters. The zero-order chi connectivity index (χ0) is 12.7. The van der Waals surface area contributed by atoms with Crippen LogP contribution < -0.4 is 5.32 Å². The zero-order valence-electron chi connectivity index (χ0n) is 10.2. The van der Waals surface area contributed by atoms with Gasteiger partial charge >= 0.3 is 8.60 Å². The van der Waals surface area contributed by atoms with Gasteiger partial charge in [0.1, 0.15) is 0 Å². The van der Waals surface area contributed by atoms with Crippen molar-refractivity contribution >= 4 is 14.5 Å². The van der Waals surface area contributed by atoms with Crippen LogP contribution in [0.4, 0.5) is 0 Å². The standard InChI is InChI=1S/C10H20NO5P/c1-3-4-10(13)9(11-8(2)12)7-16-17-14-5-6-15-17/h9-10,13H,3-7H2,1-2H3,(H,11,12). The third-order valence-corrected chi connectivity index (χ3v) is 3.42. The number of carbonyl (C=O) groups is 1. The molecule has 0 aromatic heterocycles. The molecule has 0 aromatic carbocycles. The highest BCUT2D eigenvalue weighted by atomic mass is 31.2. The van der Waals surface area contributed by atoms with Gasteiger partial charge in [-0.25, -0.2) is 0 Å². The summed E-state index contributed by atoms with van der Waals surface area (Å²) in [5, 5.41) is 12.5. The molecule has 2 atom stereocenters. The van der Waals surface area contributed by atoms with E-state index in [1.54, 1.807) is 0 Å². The monoisotopic (exact) mass is 265 g/mol. The summed E-state index contributed by atoms with van der Waals surface area (Å²) >= 11 is 0. The lowest BCUT2D eigenvalue weighted by Crippen LogP contribution is -2.45. The minimum absolute atomic E-state index is 0.185. The van der Waals surface area contributed by atoms with Crippen LogP contribution in [-0.4, -0.2) is 43.0 Å². The van der Waals surface area contributed by atoms with Crippen LogP contribution in [0.15, 0.2) is 0 Å². The van der Waals surface area contributed by atoms with Crippen LogP contribution in [0.5, 0.6) is 0 Å². The second-order valence-electron chi connectivity index (χ2n) is 3.85. The molecule has 17 heavy (non-hydrogen) atoms. The normalized spacial score (nSPS) is 20.2. The number of rotatable bonds is 7. The van der Waals surface area contributed by atoms with E-state index >= 15 is 0 Å². The smallest absolute Gasteiger partial charge is 0.332 e. The molecule has 0 aliphatic carbocycles. The molecule has 0 bridgehead atoms.